The Kier molecular flexibility index (Phi) is 3.99. The zero-order valence-corrected chi connectivity index (χ0v) is 17.4. The van der Waals surface area contributed by atoms with Crippen LogP contribution in [0, 0.1) is 0 Å². The summed E-state index contributed by atoms with van der Waals surface area (Å²) in [6.45, 7) is 4.49. The first-order valence-electron chi connectivity index (χ1n) is 9.97. The molecule has 8 nitrogen and oxygen atoms in total. The number of likely N-dealkylation sites (N-methyl/N-ethyl adjacent to an activating group) is 2. The lowest BCUT2D eigenvalue weighted by atomic mass is 10.0. The number of carbonyl (C=O) groups is 2. The zero-order valence-electron chi connectivity index (χ0n) is 17.4. The fourth-order valence-electron chi connectivity index (χ4n) is 4.36. The molecule has 30 heavy (non-hydrogen) atoms. The van der Waals surface area contributed by atoms with Crippen molar-refractivity contribution < 1.29 is 14.2 Å². The molecule has 3 amide bonds. The molecule has 1 fully saturated rings. The molecule has 2 aromatic rings. The highest BCUT2D eigenvalue weighted by atomic mass is 16.2. The predicted molar refractivity (Wildman–Crippen MR) is 114 cm³/mol. The summed E-state index contributed by atoms with van der Waals surface area (Å²) < 4.78 is 1.98. The quantitative estimate of drug-likeness (QED) is 0.721. The fraction of sp³-hybridized carbons (Fsp3) is 0.318. The maximum atomic E-state index is 13.0. The van der Waals surface area contributed by atoms with Gasteiger partial charge in [0.2, 0.25) is 11.9 Å². The molecule has 0 aliphatic carbocycles. The van der Waals surface area contributed by atoms with Crippen molar-refractivity contribution in [3.63, 3.8) is 0 Å². The van der Waals surface area contributed by atoms with E-state index in [2.05, 4.69) is 24.3 Å². The first-order chi connectivity index (χ1) is 14.4. The maximum absolute atomic E-state index is 13.0. The average Bonchev–Trinajstić information content (AvgIpc) is 3.16. The molecular weight excluding hydrogens is 380 g/mol. The Hall–Kier alpha value is -3.55. The van der Waals surface area contributed by atoms with Crippen molar-refractivity contribution in [2.24, 2.45) is 10.1 Å². The lowest BCUT2D eigenvalue weighted by Crippen LogP contribution is -2.63. The van der Waals surface area contributed by atoms with Crippen molar-refractivity contribution in [1.29, 1.82) is 0 Å². The van der Waals surface area contributed by atoms with E-state index in [1.165, 1.54) is 11.9 Å². The van der Waals surface area contributed by atoms with Crippen LogP contribution in [0.25, 0.3) is 10.8 Å². The number of hydrogen-bond acceptors (Lipinski definition) is 5. The van der Waals surface area contributed by atoms with Gasteiger partial charge >= 0.3 is 12.0 Å². The molecule has 0 aromatic heterocycles. The minimum Gasteiger partial charge on any atom is -0.270 e. The second-order valence-electron chi connectivity index (χ2n) is 7.93. The third kappa shape index (κ3) is 2.49. The van der Waals surface area contributed by atoms with Gasteiger partial charge in [-0.3, -0.25) is 14.6 Å². The maximum Gasteiger partial charge on any atom is 0.417 e. The SMILES string of the molecule is CC1=NN(Cc2cccc3ccccc23)C2=[N+](C1C)C1C(=O)N(C)C(=O)N(C)C1=N2. The number of rotatable bonds is 2. The monoisotopic (exact) mass is 403 g/mol. The van der Waals surface area contributed by atoms with Crippen LogP contribution in [0.2, 0.25) is 0 Å². The molecule has 3 aliphatic rings. The molecular formula is C22H23N6O2+. The van der Waals surface area contributed by atoms with Crippen molar-refractivity contribution in [2.45, 2.75) is 32.5 Å². The van der Waals surface area contributed by atoms with E-state index in [0.29, 0.717) is 18.3 Å². The van der Waals surface area contributed by atoms with Crippen LogP contribution in [-0.2, 0) is 11.3 Å². The lowest BCUT2D eigenvalue weighted by Gasteiger charge is -2.33. The summed E-state index contributed by atoms with van der Waals surface area (Å²) in [7, 11) is 3.17. The number of amides is 3. The molecule has 0 bridgehead atoms. The zero-order chi connectivity index (χ0) is 21.2. The standard InChI is InChI=1S/C22H23N6O2/c1-13-14(2)28-18-19(25(3)22(30)26(4)20(18)29)23-21(28)27(24-13)12-16-10-7-9-15-8-5-6-11-17(15)16/h5-11,14,18H,12H2,1-4H3/q+1. The van der Waals surface area contributed by atoms with Gasteiger partial charge < -0.3 is 0 Å². The van der Waals surface area contributed by atoms with Crippen LogP contribution in [0.15, 0.2) is 52.6 Å². The number of imide groups is 1. The minimum absolute atomic E-state index is 0.103. The first kappa shape index (κ1) is 18.5. The minimum atomic E-state index is -0.622. The van der Waals surface area contributed by atoms with Gasteiger partial charge in [0, 0.05) is 14.1 Å². The summed E-state index contributed by atoms with van der Waals surface area (Å²) in [5.74, 6) is 0.792. The highest BCUT2D eigenvalue weighted by molar-refractivity contribution is 6.23. The molecule has 0 N–H and O–H groups in total. The van der Waals surface area contributed by atoms with Crippen LogP contribution in [-0.4, -0.2) is 75.0 Å². The molecule has 0 radical (unpaired) electrons. The number of aliphatic imine (C=N–C) groups is 1. The van der Waals surface area contributed by atoms with Crippen LogP contribution in [0.3, 0.4) is 0 Å². The van der Waals surface area contributed by atoms with Crippen LogP contribution >= 0.6 is 0 Å². The molecule has 3 aliphatic heterocycles. The van der Waals surface area contributed by atoms with E-state index < -0.39 is 6.04 Å². The Morgan fingerprint density at radius 3 is 2.57 bits per heavy atom. The molecule has 152 valence electrons. The van der Waals surface area contributed by atoms with Crippen LogP contribution in [0.1, 0.15) is 19.4 Å². The molecule has 0 saturated carbocycles. The number of urea groups is 1. The van der Waals surface area contributed by atoms with Crippen molar-refractivity contribution in [3.05, 3.63) is 48.0 Å². The van der Waals surface area contributed by atoms with E-state index in [9.17, 15) is 9.59 Å². The summed E-state index contributed by atoms with van der Waals surface area (Å²) in [5, 5.41) is 8.95. The Labute approximate surface area is 174 Å². The summed E-state index contributed by atoms with van der Waals surface area (Å²) in [5.41, 5.74) is 2.01. The van der Waals surface area contributed by atoms with Gasteiger partial charge in [-0.05, 0) is 30.2 Å². The van der Waals surface area contributed by atoms with E-state index in [1.54, 1.807) is 7.05 Å². The Bertz CT molecular complexity index is 1190. The first-order valence-corrected chi connectivity index (χ1v) is 9.97. The van der Waals surface area contributed by atoms with Gasteiger partial charge in [-0.1, -0.05) is 47.5 Å². The molecule has 5 rings (SSSR count). The number of amidine groups is 1. The molecule has 2 atom stereocenters. The normalized spacial score (nSPS) is 23.7. The number of carbonyl (C=O) groups excluding carboxylic acids is 2. The van der Waals surface area contributed by atoms with E-state index in [4.69, 9.17) is 10.1 Å². The topological polar surface area (TPSA) is 71.6 Å². The molecule has 0 spiro atoms. The second-order valence-corrected chi connectivity index (χ2v) is 7.93. The highest BCUT2D eigenvalue weighted by Crippen LogP contribution is 2.27. The Balaban J connectivity index is 1.60. The molecule has 2 aromatic carbocycles. The number of benzene rings is 2. The number of hydrogen-bond donors (Lipinski definition) is 0. The number of guanidine groups is 1. The van der Waals surface area contributed by atoms with Crippen molar-refractivity contribution in [1.82, 2.24) is 14.8 Å². The summed E-state index contributed by atoms with van der Waals surface area (Å²) in [6.07, 6.45) is 0. The molecule has 8 heteroatoms. The van der Waals surface area contributed by atoms with Gasteiger partial charge in [0.1, 0.15) is 12.6 Å². The lowest BCUT2D eigenvalue weighted by molar-refractivity contribution is -0.559. The van der Waals surface area contributed by atoms with Crippen LogP contribution in [0.5, 0.6) is 0 Å². The Morgan fingerprint density at radius 1 is 1.03 bits per heavy atom. The van der Waals surface area contributed by atoms with E-state index >= 15 is 0 Å². The van der Waals surface area contributed by atoms with Gasteiger partial charge in [-0.15, -0.1) is 10.1 Å². The molecule has 3 heterocycles. The molecule has 2 unspecified atom stereocenters. The van der Waals surface area contributed by atoms with Gasteiger partial charge in [0.05, 0.1) is 5.71 Å². The number of fused-ring (bicyclic) bond motifs is 3. The van der Waals surface area contributed by atoms with E-state index in [-0.39, 0.29) is 18.0 Å². The highest BCUT2D eigenvalue weighted by Gasteiger charge is 2.55. The smallest absolute Gasteiger partial charge is 0.270 e. The van der Waals surface area contributed by atoms with Gasteiger partial charge in [0.15, 0.2) is 0 Å². The van der Waals surface area contributed by atoms with Gasteiger partial charge in [0.25, 0.3) is 5.91 Å². The molecule has 1 saturated heterocycles. The summed E-state index contributed by atoms with van der Waals surface area (Å²) in [6, 6.07) is 13.3. The summed E-state index contributed by atoms with van der Waals surface area (Å²) >= 11 is 0. The van der Waals surface area contributed by atoms with Crippen molar-refractivity contribution >= 4 is 40.2 Å². The van der Waals surface area contributed by atoms with E-state index in [0.717, 1.165) is 26.9 Å². The number of hydrazone groups is 1. The van der Waals surface area contributed by atoms with Crippen LogP contribution in [0.4, 0.5) is 4.79 Å². The van der Waals surface area contributed by atoms with Gasteiger partial charge in [-0.2, -0.15) is 0 Å². The van der Waals surface area contributed by atoms with E-state index in [1.807, 2.05) is 41.6 Å². The largest absolute Gasteiger partial charge is 0.417 e. The fourth-order valence-corrected chi connectivity index (χ4v) is 4.36. The number of nitrogens with zero attached hydrogens (tertiary/aromatic N) is 6. The third-order valence-electron chi connectivity index (χ3n) is 6.18. The van der Waals surface area contributed by atoms with Crippen LogP contribution < -0.4 is 0 Å². The predicted octanol–water partition coefficient (Wildman–Crippen LogP) is 2.09. The third-order valence-corrected chi connectivity index (χ3v) is 6.18. The summed E-state index contributed by atoms with van der Waals surface area (Å²) in [4.78, 5) is 32.8. The average molecular weight is 403 g/mol. The second kappa shape index (κ2) is 6.48. The van der Waals surface area contributed by atoms with Crippen molar-refractivity contribution in [3.8, 4) is 0 Å². The Morgan fingerprint density at radius 2 is 1.77 bits per heavy atom. The van der Waals surface area contributed by atoms with Crippen molar-refractivity contribution in [2.75, 3.05) is 14.1 Å². The van der Waals surface area contributed by atoms with Gasteiger partial charge in [-0.25, -0.2) is 9.37 Å².